The summed E-state index contributed by atoms with van der Waals surface area (Å²) >= 11 is 0. The Morgan fingerprint density at radius 2 is 1.42 bits per heavy atom. The van der Waals surface area contributed by atoms with Crippen LogP contribution in [0.25, 0.3) is 10.9 Å². The van der Waals surface area contributed by atoms with Crippen LogP contribution in [0.3, 0.4) is 0 Å². The van der Waals surface area contributed by atoms with Gasteiger partial charge in [0.05, 0.1) is 5.52 Å². The monoisotopic (exact) mass is 397 g/mol. The fraction of sp³-hybridized carbons (Fsp3) is 0.200. The SMILES string of the molecule is O=S(=O)(Oc1cc2ccccc2n1S(=O)(=O)C(F)(F)F)C(F)(F)F. The van der Waals surface area contributed by atoms with Crippen LogP contribution in [0.15, 0.2) is 30.3 Å². The maximum atomic E-state index is 12.7. The number of nitrogens with zero attached hydrogens (tertiary/aromatic N) is 1. The lowest BCUT2D eigenvalue weighted by Crippen LogP contribution is -2.33. The van der Waals surface area contributed by atoms with Crippen LogP contribution in [0.2, 0.25) is 0 Å². The van der Waals surface area contributed by atoms with E-state index in [9.17, 15) is 43.2 Å². The molecule has 0 aliphatic rings. The molecule has 1 heterocycles. The predicted octanol–water partition coefficient (Wildman–Crippen LogP) is 2.57. The van der Waals surface area contributed by atoms with Crippen molar-refractivity contribution in [1.82, 2.24) is 3.97 Å². The van der Waals surface area contributed by atoms with E-state index in [1.54, 1.807) is 0 Å². The summed E-state index contributed by atoms with van der Waals surface area (Å²) in [7, 11) is -12.6. The van der Waals surface area contributed by atoms with Gasteiger partial charge in [0.15, 0.2) is 0 Å². The molecule has 1 aromatic carbocycles. The van der Waals surface area contributed by atoms with Gasteiger partial charge in [-0.15, -0.1) is 0 Å². The first-order chi connectivity index (χ1) is 10.7. The van der Waals surface area contributed by atoms with E-state index in [1.807, 2.05) is 0 Å². The second-order valence-electron chi connectivity index (χ2n) is 4.24. The van der Waals surface area contributed by atoms with E-state index >= 15 is 0 Å². The standard InChI is InChI=1S/C10H5F6NO5S2/c11-9(12,13)23(18,19)17-7-4-2-1-3-6(7)5-8(17)22-24(20,21)10(14,15)16/h1-5H. The van der Waals surface area contributed by atoms with Crippen LogP contribution in [0, 0.1) is 0 Å². The molecule has 0 aliphatic carbocycles. The molecule has 0 saturated carbocycles. The highest BCUT2D eigenvalue weighted by atomic mass is 32.2. The molecule has 0 bridgehead atoms. The zero-order chi connectivity index (χ0) is 18.6. The highest BCUT2D eigenvalue weighted by molar-refractivity contribution is 7.91. The molecular weight excluding hydrogens is 392 g/mol. The van der Waals surface area contributed by atoms with Crippen LogP contribution in [0.4, 0.5) is 26.3 Å². The summed E-state index contributed by atoms with van der Waals surface area (Å²) in [6.45, 7) is 0. The van der Waals surface area contributed by atoms with E-state index in [4.69, 9.17) is 0 Å². The fourth-order valence-electron chi connectivity index (χ4n) is 1.67. The topological polar surface area (TPSA) is 82.4 Å². The van der Waals surface area contributed by atoms with Gasteiger partial charge in [0, 0.05) is 11.5 Å². The van der Waals surface area contributed by atoms with Gasteiger partial charge in [-0.05, 0) is 6.07 Å². The summed E-state index contributed by atoms with van der Waals surface area (Å²) < 4.78 is 123. The van der Waals surface area contributed by atoms with Crippen molar-refractivity contribution in [3.63, 3.8) is 0 Å². The number of alkyl halides is 6. The first-order valence-corrected chi connectivity index (χ1v) is 8.46. The third-order valence-corrected chi connectivity index (χ3v) is 5.05. The van der Waals surface area contributed by atoms with E-state index in [2.05, 4.69) is 4.18 Å². The van der Waals surface area contributed by atoms with Crippen molar-refractivity contribution in [2.24, 2.45) is 0 Å². The average molecular weight is 397 g/mol. The van der Waals surface area contributed by atoms with Crippen LogP contribution in [-0.2, 0) is 20.1 Å². The zero-order valence-electron chi connectivity index (χ0n) is 11.0. The van der Waals surface area contributed by atoms with Crippen molar-refractivity contribution in [2.45, 2.75) is 11.0 Å². The predicted molar refractivity (Wildman–Crippen MR) is 67.9 cm³/mol. The Morgan fingerprint density at radius 3 is 1.92 bits per heavy atom. The maximum Gasteiger partial charge on any atom is 0.534 e. The van der Waals surface area contributed by atoms with Gasteiger partial charge in [0.25, 0.3) is 0 Å². The molecule has 0 amide bonds. The lowest BCUT2D eigenvalue weighted by Gasteiger charge is -2.14. The molecule has 0 aliphatic heterocycles. The number of para-hydroxylation sites is 1. The first kappa shape index (κ1) is 18.4. The minimum Gasteiger partial charge on any atom is -0.356 e. The Hall–Kier alpha value is -1.96. The van der Waals surface area contributed by atoms with Gasteiger partial charge >= 0.3 is 31.2 Å². The number of hydrogen-bond donors (Lipinski definition) is 0. The summed E-state index contributed by atoms with van der Waals surface area (Å²) in [5, 5.41) is -0.280. The smallest absolute Gasteiger partial charge is 0.356 e. The van der Waals surface area contributed by atoms with Gasteiger partial charge in [-0.1, -0.05) is 18.2 Å². The summed E-state index contributed by atoms with van der Waals surface area (Å²) in [5.74, 6) is -1.66. The summed E-state index contributed by atoms with van der Waals surface area (Å²) in [6.07, 6.45) is 0. The lowest BCUT2D eigenvalue weighted by molar-refractivity contribution is -0.0502. The Kier molecular flexibility index (Phi) is 4.04. The molecule has 134 valence electrons. The summed E-state index contributed by atoms with van der Waals surface area (Å²) in [5.41, 5.74) is -12.6. The molecule has 0 radical (unpaired) electrons. The zero-order valence-corrected chi connectivity index (χ0v) is 12.6. The van der Waals surface area contributed by atoms with Crippen LogP contribution in [0.5, 0.6) is 5.88 Å². The second kappa shape index (κ2) is 5.27. The highest BCUT2D eigenvalue weighted by Gasteiger charge is 2.52. The van der Waals surface area contributed by atoms with E-state index in [1.165, 1.54) is 6.07 Å². The van der Waals surface area contributed by atoms with Crippen LogP contribution in [-0.4, -0.2) is 31.8 Å². The quantitative estimate of drug-likeness (QED) is 0.452. The molecule has 0 saturated heterocycles. The van der Waals surface area contributed by atoms with Crippen LogP contribution >= 0.6 is 0 Å². The molecule has 2 rings (SSSR count). The molecule has 0 N–H and O–H groups in total. The number of aromatic nitrogens is 1. The molecule has 24 heavy (non-hydrogen) atoms. The van der Waals surface area contributed by atoms with Crippen molar-refractivity contribution in [3.05, 3.63) is 30.3 Å². The third kappa shape index (κ3) is 2.90. The van der Waals surface area contributed by atoms with Gasteiger partial charge in [0.2, 0.25) is 5.88 Å². The molecule has 0 fully saturated rings. The number of hydrogen-bond acceptors (Lipinski definition) is 5. The number of rotatable bonds is 3. The highest BCUT2D eigenvalue weighted by Crippen LogP contribution is 2.36. The van der Waals surface area contributed by atoms with Crippen molar-refractivity contribution in [1.29, 1.82) is 0 Å². The van der Waals surface area contributed by atoms with Gasteiger partial charge in [-0.25, -0.2) is 0 Å². The Bertz CT molecular complexity index is 987. The molecule has 0 unspecified atom stereocenters. The maximum absolute atomic E-state index is 12.7. The number of fused-ring (bicyclic) bond motifs is 1. The molecule has 1 aromatic heterocycles. The number of benzene rings is 1. The van der Waals surface area contributed by atoms with Crippen molar-refractivity contribution >= 4 is 31.0 Å². The third-order valence-electron chi connectivity index (χ3n) is 2.65. The van der Waals surface area contributed by atoms with Gasteiger partial charge in [0.1, 0.15) is 0 Å². The molecule has 6 nitrogen and oxygen atoms in total. The fourth-order valence-corrected chi connectivity index (χ4v) is 3.12. The molecular formula is C10H5F6NO5S2. The largest absolute Gasteiger partial charge is 0.534 e. The molecule has 14 heteroatoms. The van der Waals surface area contributed by atoms with Crippen molar-refractivity contribution in [2.75, 3.05) is 0 Å². The molecule has 0 spiro atoms. The van der Waals surface area contributed by atoms with E-state index in [0.29, 0.717) is 6.07 Å². The van der Waals surface area contributed by atoms with Gasteiger partial charge in [-0.3, -0.25) is 0 Å². The summed E-state index contributed by atoms with van der Waals surface area (Å²) in [6, 6.07) is 4.68. The first-order valence-electron chi connectivity index (χ1n) is 5.61. The van der Waals surface area contributed by atoms with Crippen molar-refractivity contribution < 1.29 is 47.4 Å². The molecule has 0 atom stereocenters. The minimum absolute atomic E-state index is 0.280. The Morgan fingerprint density at radius 1 is 0.875 bits per heavy atom. The van der Waals surface area contributed by atoms with E-state index in [0.717, 1.165) is 18.2 Å². The average Bonchev–Trinajstić information content (AvgIpc) is 2.73. The number of halogens is 6. The Labute approximate surface area is 130 Å². The van der Waals surface area contributed by atoms with Crippen molar-refractivity contribution in [3.8, 4) is 5.88 Å². The van der Waals surface area contributed by atoms with Crippen LogP contribution < -0.4 is 4.18 Å². The van der Waals surface area contributed by atoms with Gasteiger partial charge < -0.3 is 4.18 Å². The molecule has 2 aromatic rings. The minimum atomic E-state index is -6.38. The Balaban J connectivity index is 2.80. The van der Waals surface area contributed by atoms with E-state index in [-0.39, 0.29) is 5.39 Å². The van der Waals surface area contributed by atoms with Crippen LogP contribution in [0.1, 0.15) is 0 Å². The summed E-state index contributed by atoms with van der Waals surface area (Å²) in [4.78, 5) is 0. The van der Waals surface area contributed by atoms with Gasteiger partial charge in [-0.2, -0.15) is 47.2 Å². The second-order valence-corrected chi connectivity index (χ2v) is 7.56. The van der Waals surface area contributed by atoms with E-state index < -0.39 is 46.5 Å². The lowest BCUT2D eigenvalue weighted by atomic mass is 10.3. The normalized spacial score (nSPS) is 14.1.